The third-order valence-electron chi connectivity index (χ3n) is 8.70. The van der Waals surface area contributed by atoms with Crippen LogP contribution in [0.4, 0.5) is 36.8 Å². The van der Waals surface area contributed by atoms with E-state index in [2.05, 4.69) is 36.6 Å². The number of hydrogen-bond donors (Lipinski definition) is 4. The number of Topliss-reactive ketones (excluding diaryl/α,β-unsaturated/α-hetero) is 1. The third kappa shape index (κ3) is 10.1. The SMILES string of the molecule is CC(C)(C)OC(=O)NCC1CCC(C(=O)C[C@@H](Cc2ccc(Br)cc2)C(=O)Nc2ccc(-c3n[nH]c(C(F)(F)C(F)(F)C(F)(F)C(=O)O)n3)cc2)CC1. The molecule has 0 unspecified atom stereocenters. The number of carboxylic acid groups (broad SMARTS) is 1. The smallest absolute Gasteiger partial charge is 0.411 e. The number of aliphatic carboxylic acids is 1. The summed E-state index contributed by atoms with van der Waals surface area (Å²) < 4.78 is 89.8. The molecule has 1 aliphatic rings. The zero-order chi connectivity index (χ0) is 39.4. The number of amides is 2. The molecule has 1 saturated carbocycles. The maximum Gasteiger partial charge on any atom is 0.411 e. The summed E-state index contributed by atoms with van der Waals surface area (Å²) in [7, 11) is 0. The Morgan fingerprint density at radius 3 is 2.11 bits per heavy atom. The average molecular weight is 819 g/mol. The van der Waals surface area contributed by atoms with E-state index in [-0.39, 0.29) is 41.7 Å². The predicted molar refractivity (Wildman–Crippen MR) is 183 cm³/mol. The third-order valence-corrected chi connectivity index (χ3v) is 9.23. The van der Waals surface area contributed by atoms with Gasteiger partial charge in [-0.05, 0) is 101 Å². The fraction of sp³-hybridized carbons (Fsp3) is 0.486. The van der Waals surface area contributed by atoms with Gasteiger partial charge in [-0.3, -0.25) is 14.7 Å². The highest BCUT2D eigenvalue weighted by Gasteiger charge is 2.77. The average Bonchev–Trinajstić information content (AvgIpc) is 3.59. The number of hydrogen-bond acceptors (Lipinski definition) is 7. The Morgan fingerprint density at radius 1 is 0.943 bits per heavy atom. The number of carbonyl (C=O) groups excluding carboxylic acids is 3. The van der Waals surface area contributed by atoms with Crippen molar-refractivity contribution in [1.82, 2.24) is 20.5 Å². The number of benzene rings is 2. The van der Waals surface area contributed by atoms with Gasteiger partial charge in [-0.2, -0.15) is 31.4 Å². The van der Waals surface area contributed by atoms with Crippen molar-refractivity contribution in [2.24, 2.45) is 17.8 Å². The summed E-state index contributed by atoms with van der Waals surface area (Å²) in [4.78, 5) is 52.9. The number of alkyl halides is 6. The maximum absolute atomic E-state index is 14.4. The molecule has 18 heteroatoms. The van der Waals surface area contributed by atoms with Gasteiger partial charge in [-0.1, -0.05) is 28.1 Å². The largest absolute Gasteiger partial charge is 0.477 e. The first kappa shape index (κ1) is 41.3. The highest BCUT2D eigenvalue weighted by atomic mass is 79.9. The van der Waals surface area contributed by atoms with E-state index in [4.69, 9.17) is 9.84 Å². The Kier molecular flexibility index (Phi) is 12.7. The quantitative estimate of drug-likeness (QED) is 0.120. The van der Waals surface area contributed by atoms with E-state index in [1.165, 1.54) is 29.4 Å². The highest BCUT2D eigenvalue weighted by molar-refractivity contribution is 9.10. The summed E-state index contributed by atoms with van der Waals surface area (Å²) in [5, 5.41) is 18.7. The molecule has 4 rings (SSSR count). The van der Waals surface area contributed by atoms with Crippen LogP contribution < -0.4 is 10.6 Å². The molecule has 2 amide bonds. The van der Waals surface area contributed by atoms with Gasteiger partial charge in [0.25, 0.3) is 0 Å². The minimum Gasteiger partial charge on any atom is -0.477 e. The fourth-order valence-electron chi connectivity index (χ4n) is 5.76. The summed E-state index contributed by atoms with van der Waals surface area (Å²) in [5.41, 5.74) is 0.370. The topological polar surface area (TPSA) is 163 Å². The number of H-pyrrole nitrogens is 1. The van der Waals surface area contributed by atoms with Gasteiger partial charge in [0, 0.05) is 40.5 Å². The molecule has 1 fully saturated rings. The number of ketones is 1. The van der Waals surface area contributed by atoms with Crippen molar-refractivity contribution < 1.29 is 55.4 Å². The number of rotatable bonds is 14. The second-order valence-electron chi connectivity index (χ2n) is 13.9. The molecule has 1 aliphatic carbocycles. The number of nitrogens with one attached hydrogen (secondary N) is 3. The molecule has 53 heavy (non-hydrogen) atoms. The van der Waals surface area contributed by atoms with Gasteiger partial charge in [-0.15, -0.1) is 0 Å². The number of ether oxygens (including phenoxy) is 1. The Hall–Kier alpha value is -4.48. The Bertz CT molecular complexity index is 1770. The minimum absolute atomic E-state index is 0.0342. The number of carboxylic acids is 1. The summed E-state index contributed by atoms with van der Waals surface area (Å²) in [6, 6.07) is 12.4. The van der Waals surface area contributed by atoms with Crippen molar-refractivity contribution >= 4 is 45.4 Å². The van der Waals surface area contributed by atoms with Gasteiger partial charge >= 0.3 is 29.8 Å². The van der Waals surface area contributed by atoms with Crippen LogP contribution in [0.1, 0.15) is 64.3 Å². The van der Waals surface area contributed by atoms with Crippen molar-refractivity contribution in [3.63, 3.8) is 0 Å². The van der Waals surface area contributed by atoms with E-state index < -0.39 is 58.9 Å². The fourth-order valence-corrected chi connectivity index (χ4v) is 6.03. The molecule has 0 spiro atoms. The molecule has 0 radical (unpaired) electrons. The summed E-state index contributed by atoms with van der Waals surface area (Å²) in [5.74, 6) is -25.7. The number of alkyl carbamates (subject to hydrolysis) is 1. The predicted octanol–water partition coefficient (Wildman–Crippen LogP) is 7.77. The highest BCUT2D eigenvalue weighted by Crippen LogP contribution is 2.50. The number of aromatic nitrogens is 3. The van der Waals surface area contributed by atoms with Gasteiger partial charge in [0.2, 0.25) is 11.7 Å². The molecule has 1 heterocycles. The molecular formula is C35H38BrF6N5O6. The first-order valence-electron chi connectivity index (χ1n) is 16.6. The zero-order valence-corrected chi connectivity index (χ0v) is 30.4. The molecule has 11 nitrogen and oxygen atoms in total. The second-order valence-corrected chi connectivity index (χ2v) is 14.8. The van der Waals surface area contributed by atoms with Crippen LogP contribution in [-0.4, -0.2) is 68.0 Å². The monoisotopic (exact) mass is 817 g/mol. The van der Waals surface area contributed by atoms with Crippen molar-refractivity contribution in [2.45, 2.75) is 82.7 Å². The summed E-state index contributed by atoms with van der Waals surface area (Å²) >= 11 is 3.37. The Morgan fingerprint density at radius 2 is 1.55 bits per heavy atom. The van der Waals surface area contributed by atoms with Gasteiger partial charge < -0.3 is 20.5 Å². The van der Waals surface area contributed by atoms with Crippen LogP contribution in [-0.2, 0) is 31.5 Å². The minimum atomic E-state index is -6.36. The van der Waals surface area contributed by atoms with Crippen LogP contribution in [0.2, 0.25) is 0 Å². The van der Waals surface area contributed by atoms with E-state index in [0.717, 1.165) is 10.0 Å². The summed E-state index contributed by atoms with van der Waals surface area (Å²) in [6.45, 7) is 5.74. The van der Waals surface area contributed by atoms with Crippen LogP contribution in [0.5, 0.6) is 0 Å². The molecule has 288 valence electrons. The normalized spacial score (nSPS) is 17.5. The molecular weight excluding hydrogens is 780 g/mol. The van der Waals surface area contributed by atoms with Crippen LogP contribution in [0.3, 0.4) is 0 Å². The van der Waals surface area contributed by atoms with Crippen LogP contribution in [0.25, 0.3) is 11.4 Å². The lowest BCUT2D eigenvalue weighted by molar-refractivity contribution is -0.311. The van der Waals surface area contributed by atoms with Gasteiger partial charge in [0.05, 0.1) is 0 Å². The molecule has 3 aromatic rings. The molecule has 0 saturated heterocycles. The maximum atomic E-state index is 14.4. The van der Waals surface area contributed by atoms with E-state index in [1.807, 2.05) is 12.1 Å². The first-order valence-corrected chi connectivity index (χ1v) is 17.3. The lowest BCUT2D eigenvalue weighted by atomic mass is 9.77. The standard InChI is InChI=1S/C35H38BrF6N5O6/c1-32(2,3)53-31(52)43-18-20-4-8-21(9-5-20)26(48)17-23(16-19-6-12-24(36)13-7-19)28(49)44-25-14-10-22(11-15-25)27-45-29(47-46-27)33(37,38)35(41,42)34(39,40)30(50)51/h6-7,10-15,20-21,23H,4-5,8-9,16-18H2,1-3H3,(H,43,52)(H,44,49)(H,50,51)(H,45,46,47)/t20?,21?,23-/m1/s1. The van der Waals surface area contributed by atoms with Crippen molar-refractivity contribution in [3.05, 3.63) is 64.4 Å². The molecule has 2 aromatic carbocycles. The molecule has 0 bridgehead atoms. The first-order chi connectivity index (χ1) is 24.6. The van der Waals surface area contributed by atoms with Crippen molar-refractivity contribution in [1.29, 1.82) is 0 Å². The zero-order valence-electron chi connectivity index (χ0n) is 28.8. The second kappa shape index (κ2) is 16.3. The van der Waals surface area contributed by atoms with Gasteiger partial charge in [0.15, 0.2) is 5.82 Å². The van der Waals surface area contributed by atoms with E-state index in [1.54, 1.807) is 32.9 Å². The number of halogens is 7. The summed E-state index contributed by atoms with van der Waals surface area (Å²) in [6.07, 6.45) is 2.30. The van der Waals surface area contributed by atoms with E-state index in [0.29, 0.717) is 32.2 Å². The Balaban J connectivity index is 1.41. The van der Waals surface area contributed by atoms with Gasteiger partial charge in [-0.25, -0.2) is 14.6 Å². The number of anilines is 1. The van der Waals surface area contributed by atoms with Gasteiger partial charge in [0.1, 0.15) is 11.4 Å². The number of aromatic amines is 1. The number of nitrogens with zero attached hydrogens (tertiary/aromatic N) is 2. The lowest BCUT2D eigenvalue weighted by Gasteiger charge is -2.29. The van der Waals surface area contributed by atoms with Crippen molar-refractivity contribution in [3.8, 4) is 11.4 Å². The van der Waals surface area contributed by atoms with Crippen LogP contribution in [0, 0.1) is 17.8 Å². The molecule has 4 N–H and O–H groups in total. The van der Waals surface area contributed by atoms with E-state index in [9.17, 15) is 45.5 Å². The van der Waals surface area contributed by atoms with Crippen LogP contribution >= 0.6 is 15.9 Å². The molecule has 0 aliphatic heterocycles. The number of carbonyl (C=O) groups is 4. The molecule has 1 aromatic heterocycles. The van der Waals surface area contributed by atoms with Crippen LogP contribution in [0.15, 0.2) is 53.0 Å². The van der Waals surface area contributed by atoms with E-state index >= 15 is 0 Å². The Labute approximate surface area is 308 Å². The van der Waals surface area contributed by atoms with Crippen molar-refractivity contribution in [2.75, 3.05) is 11.9 Å². The lowest BCUT2D eigenvalue weighted by Crippen LogP contribution is -2.56. The molecule has 1 atom stereocenters.